The molecule has 0 N–H and O–H groups in total. The van der Waals surface area contributed by atoms with E-state index in [1.165, 1.54) is 19.2 Å². The number of benzene rings is 3. The number of methoxy groups -OCH3 is 1. The predicted octanol–water partition coefficient (Wildman–Crippen LogP) is 3.87. The van der Waals surface area contributed by atoms with Gasteiger partial charge in [-0.25, -0.2) is 9.78 Å². The van der Waals surface area contributed by atoms with Crippen LogP contribution in [-0.2, 0) is 10.0 Å². The van der Waals surface area contributed by atoms with Gasteiger partial charge in [0, 0.05) is 25.2 Å². The lowest BCUT2D eigenvalue weighted by Gasteiger charge is -2.16. The minimum atomic E-state index is -3.90. The van der Waals surface area contributed by atoms with Crippen LogP contribution in [0.5, 0.6) is 5.75 Å². The lowest BCUT2D eigenvalue weighted by atomic mass is 10.1. The van der Waals surface area contributed by atoms with Gasteiger partial charge < -0.3 is 14.1 Å². The number of aromatic nitrogens is 1. The van der Waals surface area contributed by atoms with Crippen molar-refractivity contribution >= 4 is 26.8 Å². The van der Waals surface area contributed by atoms with Crippen molar-refractivity contribution < 1.29 is 17.6 Å². The van der Waals surface area contributed by atoms with E-state index in [9.17, 15) is 13.2 Å². The Morgan fingerprint density at radius 1 is 1.00 bits per heavy atom. The molecule has 34 heavy (non-hydrogen) atoms. The van der Waals surface area contributed by atoms with Crippen molar-refractivity contribution in [3.63, 3.8) is 0 Å². The van der Waals surface area contributed by atoms with E-state index < -0.39 is 15.6 Å². The van der Waals surface area contributed by atoms with Crippen LogP contribution in [0.4, 0.5) is 0 Å². The zero-order valence-electron chi connectivity index (χ0n) is 19.1. The number of ether oxygens (including phenoxy) is 1. The molecule has 0 bridgehead atoms. The van der Waals surface area contributed by atoms with Crippen LogP contribution in [0, 0.1) is 6.92 Å². The molecule has 0 spiro atoms. The van der Waals surface area contributed by atoms with E-state index in [1.807, 2.05) is 6.92 Å². The summed E-state index contributed by atoms with van der Waals surface area (Å²) < 4.78 is 40.3. The molecule has 174 valence electrons. The van der Waals surface area contributed by atoms with Crippen molar-refractivity contribution in [3.8, 4) is 17.2 Å². The molecule has 0 fully saturated rings. The van der Waals surface area contributed by atoms with Gasteiger partial charge in [-0.15, -0.1) is 4.40 Å². The second kappa shape index (κ2) is 9.11. The number of rotatable bonds is 5. The molecule has 1 aromatic heterocycles. The van der Waals surface area contributed by atoms with Gasteiger partial charge >= 0.3 is 5.63 Å². The number of amidine groups is 1. The topological polar surface area (TPSA) is 102 Å². The molecular weight excluding hydrogens is 454 g/mol. The molecule has 0 aliphatic carbocycles. The van der Waals surface area contributed by atoms with E-state index in [4.69, 9.17) is 9.15 Å². The molecule has 0 radical (unpaired) electrons. The van der Waals surface area contributed by atoms with E-state index in [2.05, 4.69) is 9.38 Å². The van der Waals surface area contributed by atoms with Gasteiger partial charge in [0.05, 0.1) is 22.9 Å². The monoisotopic (exact) mass is 477 g/mol. The van der Waals surface area contributed by atoms with Crippen LogP contribution in [0.3, 0.4) is 0 Å². The fraction of sp³-hybridized carbons (Fsp3) is 0.160. The number of sulfonamides is 1. The van der Waals surface area contributed by atoms with Gasteiger partial charge in [0.2, 0.25) is 5.89 Å². The van der Waals surface area contributed by atoms with Gasteiger partial charge in [-0.2, -0.15) is 8.42 Å². The fourth-order valence-corrected chi connectivity index (χ4v) is 4.41. The van der Waals surface area contributed by atoms with Crippen LogP contribution in [0.25, 0.3) is 22.4 Å². The van der Waals surface area contributed by atoms with Crippen molar-refractivity contribution in [2.45, 2.75) is 11.8 Å². The number of fused-ring (bicyclic) bond motifs is 1. The molecule has 0 saturated carbocycles. The molecular formula is C25H23N3O5S. The predicted molar refractivity (Wildman–Crippen MR) is 131 cm³/mol. The van der Waals surface area contributed by atoms with Crippen LogP contribution < -0.4 is 10.4 Å². The molecule has 4 aromatic rings. The first-order valence-corrected chi connectivity index (χ1v) is 11.8. The highest BCUT2D eigenvalue weighted by Gasteiger charge is 2.17. The first-order valence-electron chi connectivity index (χ1n) is 10.4. The zero-order chi connectivity index (χ0) is 24.5. The van der Waals surface area contributed by atoms with Crippen LogP contribution >= 0.6 is 0 Å². The molecule has 0 unspecified atom stereocenters. The van der Waals surface area contributed by atoms with Crippen molar-refractivity contribution in [1.82, 2.24) is 9.88 Å². The Hall–Kier alpha value is -3.98. The molecule has 0 aliphatic rings. The van der Waals surface area contributed by atoms with Crippen LogP contribution in [0.2, 0.25) is 0 Å². The molecule has 3 aromatic carbocycles. The van der Waals surface area contributed by atoms with Crippen molar-refractivity contribution in [2.24, 2.45) is 4.40 Å². The fourth-order valence-electron chi connectivity index (χ4n) is 3.33. The number of aryl methyl sites for hydroxylation is 1. The van der Waals surface area contributed by atoms with Gasteiger partial charge in [0.25, 0.3) is 10.0 Å². The standard InChI is InChI=1S/C25H23N3O5S/c1-16-5-12-20(13-6-16)34(30,31)27-23(28(2)3)17-7-9-18(10-8-17)24-26-22-14-11-19(32-4)15-21(22)25(29)33-24/h5-15H,1-4H3/b27-23+. The van der Waals surface area contributed by atoms with E-state index in [0.29, 0.717) is 27.8 Å². The Kier molecular flexibility index (Phi) is 6.21. The first kappa shape index (κ1) is 23.2. The number of nitrogens with zero attached hydrogens (tertiary/aromatic N) is 3. The minimum absolute atomic E-state index is 0.118. The Labute approximate surface area is 197 Å². The smallest absolute Gasteiger partial charge is 0.347 e. The summed E-state index contributed by atoms with van der Waals surface area (Å²) in [6, 6.07) is 18.3. The lowest BCUT2D eigenvalue weighted by Crippen LogP contribution is -2.24. The SMILES string of the molecule is COc1ccc2nc(-c3ccc(/C(=N\S(=O)(=O)c4ccc(C)cc4)N(C)C)cc3)oc(=O)c2c1. The Morgan fingerprint density at radius 3 is 2.29 bits per heavy atom. The molecule has 0 aliphatic heterocycles. The summed E-state index contributed by atoms with van der Waals surface area (Å²) in [7, 11) is 1.05. The summed E-state index contributed by atoms with van der Waals surface area (Å²) in [6.45, 7) is 1.88. The minimum Gasteiger partial charge on any atom is -0.497 e. The first-order chi connectivity index (χ1) is 16.2. The summed E-state index contributed by atoms with van der Waals surface area (Å²) in [6.07, 6.45) is 0. The Bertz CT molecular complexity index is 1540. The molecule has 8 nitrogen and oxygen atoms in total. The molecule has 0 atom stereocenters. The maximum atomic E-state index is 12.8. The average Bonchev–Trinajstić information content (AvgIpc) is 2.82. The third-order valence-electron chi connectivity index (χ3n) is 5.17. The summed E-state index contributed by atoms with van der Waals surface area (Å²) in [5.74, 6) is 0.965. The maximum absolute atomic E-state index is 12.8. The van der Waals surface area contributed by atoms with E-state index >= 15 is 0 Å². The average molecular weight is 478 g/mol. The molecule has 9 heteroatoms. The summed E-state index contributed by atoms with van der Waals surface area (Å²) in [5.41, 5.74) is 2.06. The lowest BCUT2D eigenvalue weighted by molar-refractivity contribution is 0.415. The Morgan fingerprint density at radius 2 is 1.68 bits per heavy atom. The third kappa shape index (κ3) is 4.69. The van der Waals surface area contributed by atoms with E-state index in [1.54, 1.807) is 73.6 Å². The normalized spacial score (nSPS) is 12.1. The number of hydrogen-bond acceptors (Lipinski definition) is 6. The van der Waals surface area contributed by atoms with Crippen LogP contribution in [0.1, 0.15) is 11.1 Å². The molecule has 1 heterocycles. The van der Waals surface area contributed by atoms with Crippen molar-refractivity contribution in [3.05, 3.63) is 88.3 Å². The third-order valence-corrected chi connectivity index (χ3v) is 6.46. The van der Waals surface area contributed by atoms with Gasteiger partial charge in [-0.1, -0.05) is 29.8 Å². The summed E-state index contributed by atoms with van der Waals surface area (Å²) in [5, 5.41) is 0.322. The van der Waals surface area contributed by atoms with Crippen molar-refractivity contribution in [1.29, 1.82) is 0 Å². The molecule has 0 saturated heterocycles. The van der Waals surface area contributed by atoms with Gasteiger partial charge in [0.1, 0.15) is 11.6 Å². The summed E-state index contributed by atoms with van der Waals surface area (Å²) in [4.78, 5) is 18.6. The highest BCUT2D eigenvalue weighted by Crippen LogP contribution is 2.23. The van der Waals surface area contributed by atoms with Gasteiger partial charge in [-0.3, -0.25) is 0 Å². The zero-order valence-corrected chi connectivity index (χ0v) is 20.0. The highest BCUT2D eigenvalue weighted by atomic mass is 32.2. The molecule has 4 rings (SSSR count). The van der Waals surface area contributed by atoms with Crippen molar-refractivity contribution in [2.75, 3.05) is 21.2 Å². The van der Waals surface area contributed by atoms with E-state index in [-0.39, 0.29) is 16.6 Å². The van der Waals surface area contributed by atoms with Crippen LogP contribution in [0.15, 0.2) is 85.2 Å². The highest BCUT2D eigenvalue weighted by molar-refractivity contribution is 7.90. The quantitative estimate of drug-likeness (QED) is 0.318. The Balaban J connectivity index is 1.71. The van der Waals surface area contributed by atoms with Gasteiger partial charge in [-0.05, 0) is 49.4 Å². The number of hydrogen-bond donors (Lipinski definition) is 0. The second-order valence-corrected chi connectivity index (χ2v) is 9.47. The van der Waals surface area contributed by atoms with E-state index in [0.717, 1.165) is 5.56 Å². The maximum Gasteiger partial charge on any atom is 0.347 e. The van der Waals surface area contributed by atoms with Crippen LogP contribution in [-0.4, -0.2) is 45.3 Å². The summed E-state index contributed by atoms with van der Waals surface area (Å²) >= 11 is 0. The molecule has 0 amide bonds. The largest absolute Gasteiger partial charge is 0.497 e. The van der Waals surface area contributed by atoms with Gasteiger partial charge in [0.15, 0.2) is 0 Å². The second-order valence-electron chi connectivity index (χ2n) is 7.86.